The molecule has 0 fully saturated rings. The van der Waals surface area contributed by atoms with Gasteiger partial charge in [-0.05, 0) is 17.5 Å². The summed E-state index contributed by atoms with van der Waals surface area (Å²) in [6.45, 7) is 3.15. The van der Waals surface area contributed by atoms with E-state index in [4.69, 9.17) is 0 Å². The van der Waals surface area contributed by atoms with Crippen molar-refractivity contribution < 1.29 is 0 Å². The second kappa shape index (κ2) is 6.81. The fourth-order valence-electron chi connectivity index (χ4n) is 2.48. The number of rotatable bonds is 4. The maximum Gasteiger partial charge on any atom is 0.157 e. The Balaban J connectivity index is 1.84. The minimum atomic E-state index is 0.161. The van der Waals surface area contributed by atoms with Gasteiger partial charge in [0.2, 0.25) is 0 Å². The van der Waals surface area contributed by atoms with Crippen molar-refractivity contribution in [3.63, 3.8) is 0 Å². The molecule has 3 rings (SSSR count). The van der Waals surface area contributed by atoms with E-state index >= 15 is 0 Å². The van der Waals surface area contributed by atoms with E-state index in [9.17, 15) is 0 Å². The molecule has 0 aliphatic carbocycles. The highest BCUT2D eigenvalue weighted by Crippen LogP contribution is 2.27. The lowest BCUT2D eigenvalue weighted by Gasteiger charge is -2.20. The lowest BCUT2D eigenvalue weighted by atomic mass is 9.99. The van der Waals surface area contributed by atoms with Gasteiger partial charge < -0.3 is 5.32 Å². The molecule has 2 nitrogen and oxygen atoms in total. The van der Waals surface area contributed by atoms with Gasteiger partial charge >= 0.3 is 0 Å². The molecule has 0 radical (unpaired) electrons. The Morgan fingerprint density at radius 2 is 1.62 bits per heavy atom. The maximum absolute atomic E-state index is 4.65. The molecule has 1 atom stereocenters. The highest BCUT2D eigenvalue weighted by atomic mass is 32.2. The van der Waals surface area contributed by atoms with Crippen molar-refractivity contribution in [3.8, 4) is 0 Å². The van der Waals surface area contributed by atoms with Crippen molar-refractivity contribution in [2.75, 3.05) is 6.54 Å². The van der Waals surface area contributed by atoms with Gasteiger partial charge in [-0.25, -0.2) is 0 Å². The van der Waals surface area contributed by atoms with Gasteiger partial charge in [0.1, 0.15) is 0 Å². The second-order valence-corrected chi connectivity index (χ2v) is 6.48. The summed E-state index contributed by atoms with van der Waals surface area (Å²) in [6.07, 6.45) is 1.17. The normalized spacial score (nSPS) is 17.8. The Labute approximate surface area is 130 Å². The first-order chi connectivity index (χ1) is 10.4. The summed E-state index contributed by atoms with van der Waals surface area (Å²) in [5, 5.41) is 5.32. The van der Waals surface area contributed by atoms with Crippen LogP contribution in [-0.4, -0.2) is 17.0 Å². The fraction of sp³-hybridized carbons (Fsp3) is 0.278. The molecule has 1 unspecified atom stereocenters. The lowest BCUT2D eigenvalue weighted by Crippen LogP contribution is -2.26. The van der Waals surface area contributed by atoms with Crippen LogP contribution in [0.25, 0.3) is 0 Å². The van der Waals surface area contributed by atoms with Crippen LogP contribution in [0.5, 0.6) is 0 Å². The maximum atomic E-state index is 4.65. The topological polar surface area (TPSA) is 24.4 Å². The Kier molecular flexibility index (Phi) is 4.61. The number of thioether (sulfide) groups is 1. The molecule has 2 aromatic rings. The van der Waals surface area contributed by atoms with Crippen molar-refractivity contribution in [3.05, 3.63) is 71.8 Å². The van der Waals surface area contributed by atoms with Gasteiger partial charge in [-0.3, -0.25) is 4.99 Å². The molecule has 0 spiro atoms. The van der Waals surface area contributed by atoms with Crippen LogP contribution in [0, 0.1) is 0 Å². The molecule has 0 saturated heterocycles. The summed E-state index contributed by atoms with van der Waals surface area (Å²) < 4.78 is 0. The molecule has 108 valence electrons. The van der Waals surface area contributed by atoms with Gasteiger partial charge in [0.15, 0.2) is 5.17 Å². The smallest absolute Gasteiger partial charge is 0.157 e. The summed E-state index contributed by atoms with van der Waals surface area (Å²) >= 11 is 1.87. The third-order valence-corrected chi connectivity index (χ3v) is 4.99. The fourth-order valence-corrected chi connectivity index (χ4v) is 3.45. The predicted molar refractivity (Wildman–Crippen MR) is 91.8 cm³/mol. The number of aliphatic imine (C=N–C) groups is 1. The monoisotopic (exact) mass is 296 g/mol. The first-order valence-electron chi connectivity index (χ1n) is 7.44. The van der Waals surface area contributed by atoms with E-state index in [0.29, 0.717) is 5.25 Å². The van der Waals surface area contributed by atoms with E-state index in [1.165, 1.54) is 17.5 Å². The first-order valence-corrected chi connectivity index (χ1v) is 8.32. The van der Waals surface area contributed by atoms with Gasteiger partial charge in [-0.2, -0.15) is 0 Å². The van der Waals surface area contributed by atoms with Gasteiger partial charge in [0.25, 0.3) is 0 Å². The Morgan fingerprint density at radius 1 is 1.05 bits per heavy atom. The number of nitrogens with zero attached hydrogens (tertiary/aromatic N) is 1. The molecule has 0 amide bonds. The molecule has 0 bridgehead atoms. The number of nitrogens with one attached hydrogen (secondary N) is 1. The summed E-state index contributed by atoms with van der Waals surface area (Å²) in [4.78, 5) is 4.65. The van der Waals surface area contributed by atoms with E-state index in [0.717, 1.165) is 11.7 Å². The summed E-state index contributed by atoms with van der Waals surface area (Å²) in [5.41, 5.74) is 2.54. The van der Waals surface area contributed by atoms with Crippen LogP contribution in [0.3, 0.4) is 0 Å². The number of amidine groups is 1. The van der Waals surface area contributed by atoms with Crippen LogP contribution in [0.2, 0.25) is 0 Å². The number of benzene rings is 2. The van der Waals surface area contributed by atoms with E-state index in [1.807, 2.05) is 11.8 Å². The zero-order valence-electron chi connectivity index (χ0n) is 12.2. The van der Waals surface area contributed by atoms with Crippen molar-refractivity contribution >= 4 is 16.9 Å². The van der Waals surface area contributed by atoms with Crippen LogP contribution in [-0.2, 0) is 0 Å². The molecule has 1 aliphatic rings. The minimum absolute atomic E-state index is 0.161. The molecule has 21 heavy (non-hydrogen) atoms. The largest absolute Gasteiger partial charge is 0.354 e. The summed E-state index contributed by atoms with van der Waals surface area (Å²) in [5.74, 6) is 0. The van der Waals surface area contributed by atoms with Crippen LogP contribution < -0.4 is 5.32 Å². The predicted octanol–water partition coefficient (Wildman–Crippen LogP) is 4.25. The minimum Gasteiger partial charge on any atom is -0.354 e. The van der Waals surface area contributed by atoms with Crippen LogP contribution in [0.1, 0.15) is 30.5 Å². The average molecular weight is 296 g/mol. The van der Waals surface area contributed by atoms with Gasteiger partial charge in [0, 0.05) is 5.25 Å². The molecule has 1 heterocycles. The highest BCUT2D eigenvalue weighted by Gasteiger charge is 2.22. The van der Waals surface area contributed by atoms with Crippen LogP contribution in [0.4, 0.5) is 0 Å². The number of hydrogen-bond acceptors (Lipinski definition) is 3. The molecule has 0 aromatic heterocycles. The van der Waals surface area contributed by atoms with Gasteiger partial charge in [-0.15, -0.1) is 0 Å². The Bertz CT molecular complexity index is 556. The number of hydrogen-bond donors (Lipinski definition) is 1. The molecular formula is C18H20N2S. The first kappa shape index (κ1) is 14.2. The van der Waals surface area contributed by atoms with E-state index in [-0.39, 0.29) is 6.04 Å². The summed E-state index contributed by atoms with van der Waals surface area (Å²) in [6, 6.07) is 21.3. The van der Waals surface area contributed by atoms with Crippen molar-refractivity contribution in [2.45, 2.75) is 24.6 Å². The van der Waals surface area contributed by atoms with Crippen LogP contribution >= 0.6 is 11.8 Å². The van der Waals surface area contributed by atoms with Crippen molar-refractivity contribution in [2.24, 2.45) is 4.99 Å². The molecule has 1 N–H and O–H groups in total. The van der Waals surface area contributed by atoms with Crippen LogP contribution in [0.15, 0.2) is 65.7 Å². The lowest BCUT2D eigenvalue weighted by molar-refractivity contribution is 0.767. The van der Waals surface area contributed by atoms with Gasteiger partial charge in [-0.1, -0.05) is 79.3 Å². The van der Waals surface area contributed by atoms with E-state index in [1.54, 1.807) is 0 Å². The molecule has 0 saturated carbocycles. The van der Waals surface area contributed by atoms with Crippen molar-refractivity contribution in [1.82, 2.24) is 5.32 Å². The SMILES string of the molecule is CCC1CN=C(NC(c2ccccc2)c2ccccc2)S1. The zero-order valence-corrected chi connectivity index (χ0v) is 13.0. The quantitative estimate of drug-likeness (QED) is 0.912. The molecule has 3 heteroatoms. The van der Waals surface area contributed by atoms with Crippen molar-refractivity contribution in [1.29, 1.82) is 0 Å². The standard InChI is InChI=1S/C18H20N2S/c1-2-16-13-19-18(21-16)20-17(14-9-5-3-6-10-14)15-11-7-4-8-12-15/h3-12,16-17H,2,13H2,1H3,(H,19,20). The van der Waals surface area contributed by atoms with Gasteiger partial charge in [0.05, 0.1) is 12.6 Å². The molecule has 1 aliphatic heterocycles. The third kappa shape index (κ3) is 3.48. The Morgan fingerprint density at radius 3 is 2.10 bits per heavy atom. The molecular weight excluding hydrogens is 276 g/mol. The Hall–Kier alpha value is -1.74. The van der Waals surface area contributed by atoms with E-state index < -0.39 is 0 Å². The second-order valence-electron chi connectivity index (χ2n) is 5.19. The zero-order chi connectivity index (χ0) is 14.5. The highest BCUT2D eigenvalue weighted by molar-refractivity contribution is 8.14. The third-order valence-electron chi connectivity index (χ3n) is 3.71. The average Bonchev–Trinajstić information content (AvgIpc) is 3.02. The molecule has 2 aromatic carbocycles. The van der Waals surface area contributed by atoms with E-state index in [2.05, 4.69) is 77.9 Å². The summed E-state index contributed by atoms with van der Waals surface area (Å²) in [7, 11) is 0.